The van der Waals surface area contributed by atoms with Crippen molar-refractivity contribution in [2.45, 2.75) is 12.6 Å². The van der Waals surface area contributed by atoms with Crippen LogP contribution in [0.25, 0.3) is 0 Å². The van der Waals surface area contributed by atoms with Crippen molar-refractivity contribution in [3.63, 3.8) is 0 Å². The van der Waals surface area contributed by atoms with E-state index in [0.29, 0.717) is 16.4 Å². The normalized spacial score (nSPS) is 15.0. The van der Waals surface area contributed by atoms with Gasteiger partial charge < -0.3 is 5.32 Å². The van der Waals surface area contributed by atoms with Crippen LogP contribution >= 0.6 is 11.6 Å². The minimum atomic E-state index is -4.44. The average molecular weight is 341 g/mol. The first-order valence-corrected chi connectivity index (χ1v) is 7.28. The van der Waals surface area contributed by atoms with Crippen LogP contribution in [0.4, 0.5) is 30.2 Å². The number of carbonyl (C=O) groups is 1. The second kappa shape index (κ2) is 5.77. The molecule has 0 saturated carbocycles. The molecule has 0 aliphatic carbocycles. The number of halogens is 4. The van der Waals surface area contributed by atoms with Gasteiger partial charge in [0.2, 0.25) is 5.91 Å². The number of fused-ring (bicyclic) bond motifs is 1. The van der Waals surface area contributed by atoms with Gasteiger partial charge in [0.05, 0.1) is 27.6 Å². The number of para-hydroxylation sites is 1. The Morgan fingerprint density at radius 3 is 2.52 bits per heavy atom. The molecule has 1 aliphatic heterocycles. The van der Waals surface area contributed by atoms with Crippen LogP contribution in [0.5, 0.6) is 0 Å². The van der Waals surface area contributed by atoms with Gasteiger partial charge in [-0.25, -0.2) is 0 Å². The quantitative estimate of drug-likeness (QED) is 0.805. The minimum absolute atomic E-state index is 0.154. The maximum atomic E-state index is 12.9. The zero-order valence-electron chi connectivity index (χ0n) is 11.8. The highest BCUT2D eigenvalue weighted by Gasteiger charge is 2.33. The Hall–Kier alpha value is -2.21. The zero-order chi connectivity index (χ0) is 16.6. The number of rotatable bonds is 1. The molecule has 1 N–H and O–H groups in total. The second-order valence-electron chi connectivity index (χ2n) is 5.09. The number of amides is 1. The van der Waals surface area contributed by atoms with Gasteiger partial charge in [0, 0.05) is 13.0 Å². The maximum Gasteiger partial charge on any atom is 0.416 e. The van der Waals surface area contributed by atoms with E-state index in [2.05, 4.69) is 5.32 Å². The Kier molecular flexibility index (Phi) is 3.93. The third-order valence-corrected chi connectivity index (χ3v) is 3.88. The van der Waals surface area contributed by atoms with Crippen LogP contribution in [0, 0.1) is 0 Å². The predicted octanol–water partition coefficient (Wildman–Crippen LogP) is 4.84. The van der Waals surface area contributed by atoms with Crippen LogP contribution in [-0.2, 0) is 11.0 Å². The summed E-state index contributed by atoms with van der Waals surface area (Å²) in [6, 6.07) is 9.99. The third-order valence-electron chi connectivity index (χ3n) is 3.56. The van der Waals surface area contributed by atoms with E-state index < -0.39 is 11.7 Å². The molecule has 3 rings (SSSR count). The van der Waals surface area contributed by atoms with Gasteiger partial charge in [-0.1, -0.05) is 23.7 Å². The summed E-state index contributed by atoms with van der Waals surface area (Å²) in [4.78, 5) is 13.8. The monoisotopic (exact) mass is 340 g/mol. The number of carbonyl (C=O) groups excluding carboxylic acids is 1. The summed E-state index contributed by atoms with van der Waals surface area (Å²) < 4.78 is 38.7. The summed E-state index contributed by atoms with van der Waals surface area (Å²) >= 11 is 6.15. The lowest BCUT2D eigenvalue weighted by atomic mass is 10.1. The molecule has 1 heterocycles. The van der Waals surface area contributed by atoms with E-state index in [9.17, 15) is 18.0 Å². The highest BCUT2D eigenvalue weighted by atomic mass is 35.5. The molecule has 0 spiro atoms. The molecule has 1 amide bonds. The van der Waals surface area contributed by atoms with Crippen LogP contribution in [0.15, 0.2) is 42.5 Å². The summed E-state index contributed by atoms with van der Waals surface area (Å²) in [5, 5.41) is 3.24. The van der Waals surface area contributed by atoms with Gasteiger partial charge in [-0.15, -0.1) is 0 Å². The first-order chi connectivity index (χ1) is 10.9. The van der Waals surface area contributed by atoms with Crippen molar-refractivity contribution in [1.29, 1.82) is 0 Å². The Morgan fingerprint density at radius 2 is 1.83 bits per heavy atom. The third kappa shape index (κ3) is 2.99. The van der Waals surface area contributed by atoms with Gasteiger partial charge in [0.25, 0.3) is 0 Å². The van der Waals surface area contributed by atoms with E-state index >= 15 is 0 Å². The molecule has 0 atom stereocenters. The molecule has 2 aromatic rings. The zero-order valence-corrected chi connectivity index (χ0v) is 12.6. The number of hydrogen-bond donors (Lipinski definition) is 1. The molecular weight excluding hydrogens is 329 g/mol. The van der Waals surface area contributed by atoms with Gasteiger partial charge in [-0.2, -0.15) is 13.2 Å². The molecule has 0 fully saturated rings. The molecule has 0 unspecified atom stereocenters. The Balaban J connectivity index is 2.15. The van der Waals surface area contributed by atoms with Crippen LogP contribution < -0.4 is 10.2 Å². The van der Waals surface area contributed by atoms with Crippen molar-refractivity contribution in [2.75, 3.05) is 16.8 Å². The van der Waals surface area contributed by atoms with Crippen molar-refractivity contribution in [2.24, 2.45) is 0 Å². The molecule has 7 heteroatoms. The fourth-order valence-electron chi connectivity index (χ4n) is 2.50. The smallest absolute Gasteiger partial charge is 0.383 e. The fraction of sp³-hybridized carbons (Fsp3) is 0.188. The highest BCUT2D eigenvalue weighted by molar-refractivity contribution is 6.34. The average Bonchev–Trinajstić information content (AvgIpc) is 2.65. The number of anilines is 3. The van der Waals surface area contributed by atoms with Crippen LogP contribution in [-0.4, -0.2) is 12.5 Å². The lowest BCUT2D eigenvalue weighted by Crippen LogP contribution is -2.25. The SMILES string of the molecule is O=C1CCNc2cc(C(F)(F)F)ccc2N1c1ccccc1Cl. The summed E-state index contributed by atoms with van der Waals surface area (Å²) in [7, 11) is 0. The van der Waals surface area contributed by atoms with Crippen molar-refractivity contribution in [3.8, 4) is 0 Å². The van der Waals surface area contributed by atoms with Crippen LogP contribution in [0.1, 0.15) is 12.0 Å². The summed E-state index contributed by atoms with van der Waals surface area (Å²) in [6.07, 6.45) is -4.29. The molecule has 120 valence electrons. The number of nitrogens with zero attached hydrogens (tertiary/aromatic N) is 1. The fourth-order valence-corrected chi connectivity index (χ4v) is 2.72. The molecule has 0 bridgehead atoms. The topological polar surface area (TPSA) is 32.3 Å². The lowest BCUT2D eigenvalue weighted by Gasteiger charge is -2.24. The van der Waals surface area contributed by atoms with Crippen molar-refractivity contribution in [3.05, 3.63) is 53.1 Å². The van der Waals surface area contributed by atoms with Crippen molar-refractivity contribution >= 4 is 34.6 Å². The van der Waals surface area contributed by atoms with Gasteiger partial charge >= 0.3 is 6.18 Å². The Bertz CT molecular complexity index is 761. The standard InChI is InChI=1S/C16H12ClF3N2O/c17-11-3-1-2-4-13(11)22-14-6-5-10(16(18,19)20)9-12(14)21-8-7-15(22)23/h1-6,9,21H,7-8H2. The summed E-state index contributed by atoms with van der Waals surface area (Å²) in [5.74, 6) is -0.232. The Labute approximate surface area is 135 Å². The number of nitrogens with one attached hydrogen (secondary N) is 1. The number of benzene rings is 2. The minimum Gasteiger partial charge on any atom is -0.383 e. The first kappa shape index (κ1) is 15.7. The van der Waals surface area contributed by atoms with Gasteiger partial charge in [0.1, 0.15) is 0 Å². The van der Waals surface area contributed by atoms with Gasteiger partial charge in [-0.3, -0.25) is 9.69 Å². The van der Waals surface area contributed by atoms with Gasteiger partial charge in [0.15, 0.2) is 0 Å². The van der Waals surface area contributed by atoms with E-state index in [0.717, 1.165) is 12.1 Å². The van der Waals surface area contributed by atoms with Crippen LogP contribution in [0.3, 0.4) is 0 Å². The van der Waals surface area contributed by atoms with E-state index in [-0.39, 0.29) is 24.6 Å². The van der Waals surface area contributed by atoms with E-state index in [1.165, 1.54) is 11.0 Å². The van der Waals surface area contributed by atoms with Crippen molar-refractivity contribution in [1.82, 2.24) is 0 Å². The molecule has 2 aromatic carbocycles. The summed E-state index contributed by atoms with van der Waals surface area (Å²) in [5.41, 5.74) is 0.292. The molecule has 1 aliphatic rings. The van der Waals surface area contributed by atoms with Crippen molar-refractivity contribution < 1.29 is 18.0 Å². The molecule has 3 nitrogen and oxygen atoms in total. The number of alkyl halides is 3. The van der Waals surface area contributed by atoms with Gasteiger partial charge in [-0.05, 0) is 30.3 Å². The molecule has 0 saturated heterocycles. The summed E-state index contributed by atoms with van der Waals surface area (Å²) in [6.45, 7) is 0.258. The number of hydrogen-bond acceptors (Lipinski definition) is 2. The molecular formula is C16H12ClF3N2O. The van der Waals surface area contributed by atoms with E-state index in [4.69, 9.17) is 11.6 Å². The van der Waals surface area contributed by atoms with E-state index in [1.807, 2.05) is 0 Å². The largest absolute Gasteiger partial charge is 0.416 e. The molecule has 23 heavy (non-hydrogen) atoms. The second-order valence-corrected chi connectivity index (χ2v) is 5.49. The first-order valence-electron chi connectivity index (χ1n) is 6.90. The predicted molar refractivity (Wildman–Crippen MR) is 83.1 cm³/mol. The highest BCUT2D eigenvalue weighted by Crippen LogP contribution is 2.41. The molecule has 0 aromatic heterocycles. The van der Waals surface area contributed by atoms with E-state index in [1.54, 1.807) is 24.3 Å². The Morgan fingerprint density at radius 1 is 1.09 bits per heavy atom. The van der Waals surface area contributed by atoms with Crippen LogP contribution in [0.2, 0.25) is 5.02 Å². The molecule has 0 radical (unpaired) electrons. The lowest BCUT2D eigenvalue weighted by molar-refractivity contribution is -0.137. The maximum absolute atomic E-state index is 12.9.